The van der Waals surface area contributed by atoms with Crippen LogP contribution in [-0.4, -0.2) is 20.9 Å². The molecule has 0 N–H and O–H groups in total. The van der Waals surface area contributed by atoms with E-state index in [1.54, 1.807) is 4.90 Å². The lowest BCUT2D eigenvalue weighted by Gasteiger charge is -2.16. The van der Waals surface area contributed by atoms with Crippen molar-refractivity contribution in [1.82, 2.24) is 4.90 Å². The summed E-state index contributed by atoms with van der Waals surface area (Å²) in [5, 5.41) is 0. The number of aryl methyl sites for hydroxylation is 2. The predicted octanol–water partition coefficient (Wildman–Crippen LogP) is 2.66. The minimum absolute atomic E-state index is 0.120. The molecule has 84 valence electrons. The van der Waals surface area contributed by atoms with Crippen molar-refractivity contribution in [2.45, 2.75) is 20.4 Å². The fraction of sp³-hybridized carbons (Fsp3) is 0.333. The van der Waals surface area contributed by atoms with Crippen molar-refractivity contribution in [3.8, 4) is 0 Å². The molecule has 1 amide bonds. The molecule has 1 saturated heterocycles. The summed E-state index contributed by atoms with van der Waals surface area (Å²) in [5.41, 5.74) is 3.63. The van der Waals surface area contributed by atoms with Crippen LogP contribution in [0.15, 0.2) is 18.2 Å². The van der Waals surface area contributed by atoms with Crippen molar-refractivity contribution >= 4 is 34.2 Å². The third-order valence-corrected chi connectivity index (χ3v) is 4.10. The highest BCUT2D eigenvalue weighted by molar-refractivity contribution is 8.23. The van der Waals surface area contributed by atoms with Crippen LogP contribution in [0.4, 0.5) is 0 Å². The number of thioether (sulfide) groups is 1. The molecule has 1 aromatic carbocycles. The van der Waals surface area contributed by atoms with Gasteiger partial charge in [-0.2, -0.15) is 0 Å². The molecule has 1 aliphatic heterocycles. The number of nitrogens with zero attached hydrogens (tertiary/aromatic N) is 1. The number of benzene rings is 1. The quantitative estimate of drug-likeness (QED) is 0.754. The summed E-state index contributed by atoms with van der Waals surface area (Å²) in [7, 11) is 0. The molecular formula is C12H13NOS2. The molecule has 0 spiro atoms. The summed E-state index contributed by atoms with van der Waals surface area (Å²) < 4.78 is 0.699. The SMILES string of the molecule is Cc1ccc(CN2C(=O)CSC2=S)c(C)c1. The van der Waals surface area contributed by atoms with Crippen LogP contribution >= 0.6 is 24.0 Å². The van der Waals surface area contributed by atoms with E-state index in [9.17, 15) is 4.79 Å². The molecule has 2 nitrogen and oxygen atoms in total. The Balaban J connectivity index is 2.20. The standard InChI is InChI=1S/C12H13NOS2/c1-8-3-4-10(9(2)5-8)6-13-11(14)7-16-12(13)15/h3-5H,6-7H2,1-2H3. The average molecular weight is 251 g/mol. The second kappa shape index (κ2) is 4.55. The van der Waals surface area contributed by atoms with Crippen LogP contribution in [0.1, 0.15) is 16.7 Å². The Hall–Kier alpha value is -0.870. The molecule has 0 saturated carbocycles. The first-order valence-electron chi connectivity index (χ1n) is 5.11. The molecule has 0 unspecified atom stereocenters. The van der Waals surface area contributed by atoms with Gasteiger partial charge in [-0.25, -0.2) is 0 Å². The van der Waals surface area contributed by atoms with E-state index in [4.69, 9.17) is 12.2 Å². The maximum atomic E-state index is 11.6. The van der Waals surface area contributed by atoms with Gasteiger partial charge in [0.05, 0.1) is 12.3 Å². The summed E-state index contributed by atoms with van der Waals surface area (Å²) >= 11 is 6.60. The van der Waals surface area contributed by atoms with Crippen molar-refractivity contribution in [3.05, 3.63) is 34.9 Å². The molecule has 0 aromatic heterocycles. The Bertz CT molecular complexity index is 440. The van der Waals surface area contributed by atoms with Crippen LogP contribution < -0.4 is 0 Å². The van der Waals surface area contributed by atoms with Gasteiger partial charge in [0.1, 0.15) is 4.32 Å². The van der Waals surface area contributed by atoms with E-state index in [-0.39, 0.29) is 5.91 Å². The van der Waals surface area contributed by atoms with Gasteiger partial charge in [0, 0.05) is 0 Å². The number of carbonyl (C=O) groups excluding carboxylic acids is 1. The lowest BCUT2D eigenvalue weighted by Crippen LogP contribution is -2.28. The molecule has 1 heterocycles. The van der Waals surface area contributed by atoms with Crippen LogP contribution in [0.5, 0.6) is 0 Å². The molecule has 1 fully saturated rings. The minimum atomic E-state index is 0.120. The highest BCUT2D eigenvalue weighted by Gasteiger charge is 2.26. The molecule has 1 aliphatic rings. The van der Waals surface area contributed by atoms with Gasteiger partial charge in [0.15, 0.2) is 0 Å². The Kier molecular flexibility index (Phi) is 3.30. The second-order valence-corrected chi connectivity index (χ2v) is 5.57. The summed E-state index contributed by atoms with van der Waals surface area (Å²) in [6.07, 6.45) is 0. The third-order valence-electron chi connectivity index (χ3n) is 2.67. The Labute approximate surface area is 105 Å². The molecular weight excluding hydrogens is 238 g/mol. The highest BCUT2D eigenvalue weighted by atomic mass is 32.2. The Morgan fingerprint density at radius 3 is 2.75 bits per heavy atom. The predicted molar refractivity (Wildman–Crippen MR) is 71.5 cm³/mol. The summed E-state index contributed by atoms with van der Waals surface area (Å²) in [4.78, 5) is 13.3. The van der Waals surface area contributed by atoms with Gasteiger partial charge in [-0.3, -0.25) is 9.69 Å². The van der Waals surface area contributed by atoms with E-state index in [2.05, 4.69) is 32.0 Å². The van der Waals surface area contributed by atoms with E-state index < -0.39 is 0 Å². The monoisotopic (exact) mass is 251 g/mol. The van der Waals surface area contributed by atoms with E-state index in [0.717, 1.165) is 0 Å². The Morgan fingerprint density at radius 1 is 1.44 bits per heavy atom. The van der Waals surface area contributed by atoms with Crippen LogP contribution in [0.3, 0.4) is 0 Å². The van der Waals surface area contributed by atoms with Crippen LogP contribution in [0, 0.1) is 13.8 Å². The molecule has 4 heteroatoms. The first-order chi connectivity index (χ1) is 7.58. The number of thiocarbonyl (C=S) groups is 1. The van der Waals surface area contributed by atoms with Crippen LogP contribution in [0.2, 0.25) is 0 Å². The normalized spacial score (nSPS) is 16.0. The van der Waals surface area contributed by atoms with Crippen LogP contribution in [-0.2, 0) is 11.3 Å². The fourth-order valence-electron chi connectivity index (χ4n) is 1.73. The second-order valence-electron chi connectivity index (χ2n) is 3.96. The lowest BCUT2D eigenvalue weighted by atomic mass is 10.1. The van der Waals surface area contributed by atoms with Crippen molar-refractivity contribution < 1.29 is 4.79 Å². The molecule has 0 atom stereocenters. The first-order valence-corrected chi connectivity index (χ1v) is 6.50. The fourth-order valence-corrected chi connectivity index (χ4v) is 2.80. The number of rotatable bonds is 2. The molecule has 1 aromatic rings. The largest absolute Gasteiger partial charge is 0.293 e. The van der Waals surface area contributed by atoms with Gasteiger partial charge >= 0.3 is 0 Å². The van der Waals surface area contributed by atoms with Crippen molar-refractivity contribution in [2.75, 3.05) is 5.75 Å². The van der Waals surface area contributed by atoms with E-state index in [1.807, 2.05) is 0 Å². The van der Waals surface area contributed by atoms with Gasteiger partial charge < -0.3 is 0 Å². The zero-order chi connectivity index (χ0) is 11.7. The third kappa shape index (κ3) is 2.28. The number of hydrogen-bond donors (Lipinski definition) is 0. The maximum absolute atomic E-state index is 11.6. The summed E-state index contributed by atoms with van der Waals surface area (Å²) in [6.45, 7) is 4.74. The zero-order valence-corrected chi connectivity index (χ0v) is 11.0. The van der Waals surface area contributed by atoms with Gasteiger partial charge in [-0.15, -0.1) is 0 Å². The van der Waals surface area contributed by atoms with Crippen molar-refractivity contribution in [3.63, 3.8) is 0 Å². The van der Waals surface area contributed by atoms with Gasteiger partial charge in [0.2, 0.25) is 5.91 Å². The maximum Gasteiger partial charge on any atom is 0.238 e. The number of amides is 1. The number of carbonyl (C=O) groups is 1. The van der Waals surface area contributed by atoms with Crippen molar-refractivity contribution in [1.29, 1.82) is 0 Å². The topological polar surface area (TPSA) is 20.3 Å². The average Bonchev–Trinajstić information content (AvgIpc) is 2.53. The minimum Gasteiger partial charge on any atom is -0.293 e. The van der Waals surface area contributed by atoms with Gasteiger partial charge in [0.25, 0.3) is 0 Å². The van der Waals surface area contributed by atoms with Crippen molar-refractivity contribution in [2.24, 2.45) is 0 Å². The van der Waals surface area contributed by atoms with E-state index in [1.165, 1.54) is 28.5 Å². The molecule has 2 rings (SSSR count). The molecule has 16 heavy (non-hydrogen) atoms. The van der Waals surface area contributed by atoms with Gasteiger partial charge in [-0.1, -0.05) is 47.7 Å². The molecule has 0 aliphatic carbocycles. The smallest absolute Gasteiger partial charge is 0.238 e. The van der Waals surface area contributed by atoms with Crippen LogP contribution in [0.25, 0.3) is 0 Å². The molecule has 0 bridgehead atoms. The molecule has 0 radical (unpaired) electrons. The summed E-state index contributed by atoms with van der Waals surface area (Å²) in [5.74, 6) is 0.610. The first kappa shape index (κ1) is 11.6. The zero-order valence-electron chi connectivity index (χ0n) is 9.32. The number of hydrogen-bond acceptors (Lipinski definition) is 3. The Morgan fingerprint density at radius 2 is 2.19 bits per heavy atom. The lowest BCUT2D eigenvalue weighted by molar-refractivity contribution is -0.124. The van der Waals surface area contributed by atoms with Gasteiger partial charge in [-0.05, 0) is 25.0 Å². The summed E-state index contributed by atoms with van der Waals surface area (Å²) in [6, 6.07) is 6.27. The van der Waals surface area contributed by atoms with E-state index in [0.29, 0.717) is 16.6 Å². The van der Waals surface area contributed by atoms with E-state index >= 15 is 0 Å². The highest BCUT2D eigenvalue weighted by Crippen LogP contribution is 2.23.